The minimum absolute atomic E-state index is 0.392. The Balaban J connectivity index is 2.94. The Morgan fingerprint density at radius 1 is 1.65 bits per heavy atom. The van der Waals surface area contributed by atoms with Crippen molar-refractivity contribution in [2.24, 2.45) is 5.73 Å². The molecule has 6 heteroatoms. The van der Waals surface area contributed by atoms with Gasteiger partial charge in [0.05, 0.1) is 0 Å². The molecule has 3 nitrogen and oxygen atoms in total. The van der Waals surface area contributed by atoms with Gasteiger partial charge in [0.2, 0.25) is 0 Å². The van der Waals surface area contributed by atoms with E-state index in [0.717, 1.165) is 0 Å². The van der Waals surface area contributed by atoms with Crippen LogP contribution in [-0.2, 0) is 0 Å². The number of alkyl halides is 1. The highest BCUT2D eigenvalue weighted by Crippen LogP contribution is 2.24. The largest absolute Gasteiger partial charge is 0.390 e. The second-order valence-corrected chi connectivity index (χ2v) is 5.22. The van der Waals surface area contributed by atoms with Crippen molar-refractivity contribution in [1.82, 2.24) is 5.32 Å². The molecular formula is C14H15BrClFN2O. The lowest BCUT2D eigenvalue weighted by molar-refractivity contribution is 0.237. The van der Waals surface area contributed by atoms with Crippen LogP contribution in [0.4, 0.5) is 4.39 Å². The molecular weight excluding hydrogens is 347 g/mol. The standard InChI is InChI=1S/C14H15BrClFN2O/c1-2-19-8-9(14(16)18)3-6-13(20)11-5-4-10(17)7-12(11)15/h4-5,7-8,13-14,19-20H,2,18H2,1H3/b9-8-. The molecule has 1 rings (SSSR count). The molecule has 0 bridgehead atoms. The maximum absolute atomic E-state index is 13.0. The fourth-order valence-electron chi connectivity index (χ4n) is 1.35. The van der Waals surface area contributed by atoms with Crippen LogP contribution in [0.1, 0.15) is 18.6 Å². The zero-order chi connectivity index (χ0) is 15.1. The highest BCUT2D eigenvalue weighted by Gasteiger charge is 2.10. The molecule has 108 valence electrons. The fraction of sp³-hybridized carbons (Fsp3) is 0.286. The average Bonchev–Trinajstić information content (AvgIpc) is 2.38. The molecule has 4 N–H and O–H groups in total. The lowest BCUT2D eigenvalue weighted by Gasteiger charge is -2.07. The summed E-state index contributed by atoms with van der Waals surface area (Å²) in [6.07, 6.45) is 0.544. The van der Waals surface area contributed by atoms with Gasteiger partial charge in [-0.15, -0.1) is 11.6 Å². The van der Waals surface area contributed by atoms with Gasteiger partial charge in [0.25, 0.3) is 0 Å². The molecule has 0 heterocycles. The predicted octanol–water partition coefficient (Wildman–Crippen LogP) is 2.64. The van der Waals surface area contributed by atoms with E-state index in [1.165, 1.54) is 18.2 Å². The molecule has 0 aromatic heterocycles. The molecule has 1 aromatic carbocycles. The van der Waals surface area contributed by atoms with E-state index in [9.17, 15) is 9.50 Å². The summed E-state index contributed by atoms with van der Waals surface area (Å²) in [6.45, 7) is 2.63. The summed E-state index contributed by atoms with van der Waals surface area (Å²) in [5.41, 5.74) is 5.75. The maximum Gasteiger partial charge on any atom is 0.141 e. The van der Waals surface area contributed by atoms with Crippen molar-refractivity contribution in [2.75, 3.05) is 6.54 Å². The normalized spacial score (nSPS) is 14.2. The number of hydrogen-bond acceptors (Lipinski definition) is 3. The zero-order valence-electron chi connectivity index (χ0n) is 10.8. The molecule has 0 aliphatic carbocycles. The molecule has 0 aliphatic heterocycles. The average molecular weight is 362 g/mol. The smallest absolute Gasteiger partial charge is 0.141 e. The van der Waals surface area contributed by atoms with Gasteiger partial charge >= 0.3 is 0 Å². The first-order valence-corrected chi connectivity index (χ1v) is 7.16. The van der Waals surface area contributed by atoms with Crippen LogP contribution >= 0.6 is 27.5 Å². The fourth-order valence-corrected chi connectivity index (χ4v) is 2.03. The second kappa shape index (κ2) is 8.28. The van der Waals surface area contributed by atoms with Crippen LogP contribution in [0.5, 0.6) is 0 Å². The second-order valence-electron chi connectivity index (χ2n) is 3.90. The highest BCUT2D eigenvalue weighted by molar-refractivity contribution is 9.10. The number of rotatable bonds is 4. The molecule has 0 aliphatic rings. The molecule has 1 aromatic rings. The van der Waals surface area contributed by atoms with Crippen LogP contribution in [0.3, 0.4) is 0 Å². The number of aliphatic hydroxyl groups excluding tert-OH is 1. The Morgan fingerprint density at radius 3 is 2.90 bits per heavy atom. The summed E-state index contributed by atoms with van der Waals surface area (Å²) >= 11 is 8.97. The van der Waals surface area contributed by atoms with Crippen molar-refractivity contribution >= 4 is 27.5 Å². The molecule has 20 heavy (non-hydrogen) atoms. The summed E-state index contributed by atoms with van der Waals surface area (Å²) < 4.78 is 13.4. The Labute approximate surface area is 131 Å². The van der Waals surface area contributed by atoms with Crippen molar-refractivity contribution in [3.63, 3.8) is 0 Å². The van der Waals surface area contributed by atoms with E-state index in [1.54, 1.807) is 6.20 Å². The van der Waals surface area contributed by atoms with E-state index in [1.807, 2.05) is 6.92 Å². The van der Waals surface area contributed by atoms with Gasteiger partial charge in [0.1, 0.15) is 17.4 Å². The Kier molecular flexibility index (Phi) is 7.03. The van der Waals surface area contributed by atoms with Gasteiger partial charge in [-0.3, -0.25) is 0 Å². The van der Waals surface area contributed by atoms with Crippen LogP contribution in [-0.4, -0.2) is 17.2 Å². The Morgan fingerprint density at radius 2 is 2.35 bits per heavy atom. The van der Waals surface area contributed by atoms with E-state index in [2.05, 4.69) is 33.1 Å². The molecule has 0 amide bonds. The maximum atomic E-state index is 13.0. The van der Waals surface area contributed by atoms with Gasteiger partial charge in [-0.2, -0.15) is 0 Å². The minimum atomic E-state index is -1.06. The number of hydrogen-bond donors (Lipinski definition) is 3. The molecule has 0 saturated heterocycles. The number of nitrogens with one attached hydrogen (secondary N) is 1. The van der Waals surface area contributed by atoms with Gasteiger partial charge in [-0.25, -0.2) is 4.39 Å². The molecule has 0 fully saturated rings. The third kappa shape index (κ3) is 5.14. The quantitative estimate of drug-likeness (QED) is 0.439. The van der Waals surface area contributed by atoms with Gasteiger partial charge in [-0.1, -0.05) is 33.8 Å². The Bertz CT molecular complexity index is 552. The SMILES string of the molecule is CCN/C=C(/C#CC(O)c1ccc(F)cc1Br)C(N)Cl. The van der Waals surface area contributed by atoms with Crippen LogP contribution in [0.25, 0.3) is 0 Å². The first-order valence-electron chi connectivity index (χ1n) is 5.93. The number of halogens is 3. The van der Waals surface area contributed by atoms with E-state index in [4.69, 9.17) is 17.3 Å². The molecule has 2 unspecified atom stereocenters. The van der Waals surface area contributed by atoms with Crippen molar-refractivity contribution in [2.45, 2.75) is 18.5 Å². The number of benzene rings is 1. The van der Waals surface area contributed by atoms with Gasteiger partial charge < -0.3 is 16.2 Å². The van der Waals surface area contributed by atoms with Crippen molar-refractivity contribution in [3.8, 4) is 11.8 Å². The third-order valence-corrected chi connectivity index (χ3v) is 3.29. The first kappa shape index (κ1) is 17.0. The summed E-state index contributed by atoms with van der Waals surface area (Å²) in [4.78, 5) is 0. The molecule has 0 radical (unpaired) electrons. The van der Waals surface area contributed by atoms with E-state index < -0.39 is 17.4 Å². The van der Waals surface area contributed by atoms with Crippen LogP contribution in [0, 0.1) is 17.7 Å². The monoisotopic (exact) mass is 360 g/mol. The topological polar surface area (TPSA) is 58.3 Å². The highest BCUT2D eigenvalue weighted by atomic mass is 79.9. The Hall–Kier alpha value is -1.06. The summed E-state index contributed by atoms with van der Waals surface area (Å²) in [5, 5.41) is 12.9. The first-order chi connectivity index (χ1) is 9.45. The predicted molar refractivity (Wildman–Crippen MR) is 82.4 cm³/mol. The third-order valence-electron chi connectivity index (χ3n) is 2.37. The van der Waals surface area contributed by atoms with Gasteiger partial charge in [0, 0.05) is 28.4 Å². The summed E-state index contributed by atoms with van der Waals surface area (Å²) in [6, 6.07) is 3.99. The lowest BCUT2D eigenvalue weighted by Crippen LogP contribution is -2.17. The van der Waals surface area contributed by atoms with Gasteiger partial charge in [0.15, 0.2) is 0 Å². The zero-order valence-corrected chi connectivity index (χ0v) is 13.2. The van der Waals surface area contributed by atoms with Crippen LogP contribution in [0.2, 0.25) is 0 Å². The van der Waals surface area contributed by atoms with Crippen LogP contribution in [0.15, 0.2) is 34.4 Å². The van der Waals surface area contributed by atoms with Crippen molar-refractivity contribution in [1.29, 1.82) is 0 Å². The summed E-state index contributed by atoms with van der Waals surface area (Å²) in [5.74, 6) is 4.96. The van der Waals surface area contributed by atoms with Crippen molar-refractivity contribution in [3.05, 3.63) is 45.8 Å². The van der Waals surface area contributed by atoms with Crippen LogP contribution < -0.4 is 11.1 Å². The van der Waals surface area contributed by atoms with E-state index >= 15 is 0 Å². The lowest BCUT2D eigenvalue weighted by atomic mass is 10.1. The van der Waals surface area contributed by atoms with Gasteiger partial charge in [-0.05, 0) is 19.1 Å². The summed E-state index contributed by atoms with van der Waals surface area (Å²) in [7, 11) is 0. The molecule has 2 atom stereocenters. The van der Waals surface area contributed by atoms with E-state index in [-0.39, 0.29) is 0 Å². The number of nitrogens with two attached hydrogens (primary N) is 1. The van der Waals surface area contributed by atoms with Crippen molar-refractivity contribution < 1.29 is 9.50 Å². The number of aliphatic hydroxyl groups is 1. The molecule has 0 spiro atoms. The molecule has 0 saturated carbocycles. The minimum Gasteiger partial charge on any atom is -0.390 e. The van der Waals surface area contributed by atoms with E-state index in [0.29, 0.717) is 22.2 Å².